The van der Waals surface area contributed by atoms with Crippen molar-refractivity contribution in [2.24, 2.45) is 0 Å². The SMILES string of the molecule is COc1ccc(C[NH+](C)CC[NH+](C)C)cc1. The topological polar surface area (TPSA) is 18.1 Å². The number of methoxy groups -OCH3 is 1. The fraction of sp³-hybridized carbons (Fsp3) is 0.538. The van der Waals surface area contributed by atoms with Crippen molar-refractivity contribution in [2.45, 2.75) is 6.54 Å². The molecule has 0 aliphatic carbocycles. The Hall–Kier alpha value is -1.06. The summed E-state index contributed by atoms with van der Waals surface area (Å²) in [5, 5.41) is 0. The summed E-state index contributed by atoms with van der Waals surface area (Å²) >= 11 is 0. The van der Waals surface area contributed by atoms with E-state index in [1.165, 1.54) is 23.6 Å². The second-order valence-corrected chi connectivity index (χ2v) is 4.69. The van der Waals surface area contributed by atoms with E-state index in [0.29, 0.717) is 0 Å². The van der Waals surface area contributed by atoms with Crippen LogP contribution < -0.4 is 14.5 Å². The van der Waals surface area contributed by atoms with E-state index < -0.39 is 0 Å². The Morgan fingerprint density at radius 1 is 1.00 bits per heavy atom. The molecule has 0 saturated heterocycles. The molecule has 0 saturated carbocycles. The molecule has 3 heteroatoms. The first-order chi connectivity index (χ1) is 7.61. The van der Waals surface area contributed by atoms with Crippen molar-refractivity contribution in [1.82, 2.24) is 0 Å². The van der Waals surface area contributed by atoms with Crippen LogP contribution in [0.4, 0.5) is 0 Å². The van der Waals surface area contributed by atoms with Crippen molar-refractivity contribution < 1.29 is 14.5 Å². The molecule has 3 nitrogen and oxygen atoms in total. The van der Waals surface area contributed by atoms with E-state index in [0.717, 1.165) is 12.3 Å². The Balaban J connectivity index is 2.40. The molecule has 0 radical (unpaired) electrons. The Morgan fingerprint density at radius 2 is 1.62 bits per heavy atom. The summed E-state index contributed by atoms with van der Waals surface area (Å²) in [4.78, 5) is 3.06. The van der Waals surface area contributed by atoms with Crippen LogP contribution >= 0.6 is 0 Å². The molecule has 0 aliphatic rings. The molecule has 0 bridgehead atoms. The Bertz CT molecular complexity index is 295. The highest BCUT2D eigenvalue weighted by Crippen LogP contribution is 2.10. The third-order valence-corrected chi connectivity index (χ3v) is 2.72. The highest BCUT2D eigenvalue weighted by molar-refractivity contribution is 5.26. The molecule has 16 heavy (non-hydrogen) atoms. The number of ether oxygens (including phenoxy) is 1. The predicted molar refractivity (Wildman–Crippen MR) is 66.1 cm³/mol. The number of hydrogen-bond donors (Lipinski definition) is 2. The Kier molecular flexibility index (Phi) is 5.29. The van der Waals surface area contributed by atoms with Crippen molar-refractivity contribution in [3.8, 4) is 5.75 Å². The maximum Gasteiger partial charge on any atom is 0.127 e. The van der Waals surface area contributed by atoms with Gasteiger partial charge >= 0.3 is 0 Å². The van der Waals surface area contributed by atoms with Crippen LogP contribution in [0.5, 0.6) is 5.75 Å². The van der Waals surface area contributed by atoms with Gasteiger partial charge in [-0.05, 0) is 24.3 Å². The molecule has 0 amide bonds. The molecule has 0 aliphatic heterocycles. The number of rotatable bonds is 6. The van der Waals surface area contributed by atoms with Gasteiger partial charge in [-0.3, -0.25) is 0 Å². The molecule has 1 rings (SSSR count). The Labute approximate surface area is 98.6 Å². The van der Waals surface area contributed by atoms with E-state index in [2.05, 4.69) is 33.3 Å². The number of hydrogen-bond acceptors (Lipinski definition) is 1. The molecular weight excluding hydrogens is 200 g/mol. The smallest absolute Gasteiger partial charge is 0.127 e. The zero-order valence-corrected chi connectivity index (χ0v) is 10.8. The quantitative estimate of drug-likeness (QED) is 0.625. The first-order valence-electron chi connectivity index (χ1n) is 5.85. The van der Waals surface area contributed by atoms with Gasteiger partial charge in [-0.25, -0.2) is 0 Å². The summed E-state index contributed by atoms with van der Waals surface area (Å²) in [6.45, 7) is 3.49. The summed E-state index contributed by atoms with van der Waals surface area (Å²) in [5.41, 5.74) is 1.37. The van der Waals surface area contributed by atoms with Crippen molar-refractivity contribution in [1.29, 1.82) is 0 Å². The minimum absolute atomic E-state index is 0.930. The van der Waals surface area contributed by atoms with E-state index in [1.807, 2.05) is 12.1 Å². The van der Waals surface area contributed by atoms with E-state index >= 15 is 0 Å². The third kappa shape index (κ3) is 4.64. The summed E-state index contributed by atoms with van der Waals surface area (Å²) in [7, 11) is 8.33. The molecule has 1 aromatic carbocycles. The van der Waals surface area contributed by atoms with E-state index in [9.17, 15) is 0 Å². The number of benzene rings is 1. The number of nitrogens with one attached hydrogen (secondary N) is 2. The van der Waals surface area contributed by atoms with Crippen molar-refractivity contribution in [2.75, 3.05) is 41.3 Å². The molecule has 1 unspecified atom stereocenters. The van der Waals surface area contributed by atoms with Crippen LogP contribution in [0.3, 0.4) is 0 Å². The van der Waals surface area contributed by atoms with Crippen LogP contribution in [0, 0.1) is 0 Å². The van der Waals surface area contributed by atoms with Gasteiger partial charge in [-0.15, -0.1) is 0 Å². The Morgan fingerprint density at radius 3 is 2.12 bits per heavy atom. The fourth-order valence-electron chi connectivity index (χ4n) is 1.64. The molecule has 1 aromatic rings. The predicted octanol–water partition coefficient (Wildman–Crippen LogP) is -1.15. The van der Waals surface area contributed by atoms with Crippen LogP contribution in [0.1, 0.15) is 5.56 Å². The molecule has 2 N–H and O–H groups in total. The zero-order valence-electron chi connectivity index (χ0n) is 10.8. The lowest BCUT2D eigenvalue weighted by molar-refractivity contribution is -0.937. The second-order valence-electron chi connectivity index (χ2n) is 4.69. The average molecular weight is 224 g/mol. The maximum atomic E-state index is 5.14. The minimum atomic E-state index is 0.930. The standard InChI is InChI=1S/C13H22N2O/c1-14(2)9-10-15(3)11-12-5-7-13(16-4)8-6-12/h5-8H,9-11H2,1-4H3/p+2. The number of quaternary nitrogens is 2. The molecule has 0 spiro atoms. The first-order valence-corrected chi connectivity index (χ1v) is 5.85. The van der Waals surface area contributed by atoms with Crippen LogP contribution in [0.15, 0.2) is 24.3 Å². The molecule has 0 fully saturated rings. The average Bonchev–Trinajstić information content (AvgIpc) is 2.27. The summed E-state index contributed by atoms with van der Waals surface area (Å²) in [5.74, 6) is 0.930. The highest BCUT2D eigenvalue weighted by atomic mass is 16.5. The maximum absolute atomic E-state index is 5.14. The van der Waals surface area contributed by atoms with Gasteiger partial charge < -0.3 is 14.5 Å². The molecule has 1 atom stereocenters. The zero-order chi connectivity index (χ0) is 12.0. The lowest BCUT2D eigenvalue weighted by atomic mass is 10.2. The van der Waals surface area contributed by atoms with Gasteiger partial charge in [0.05, 0.1) is 28.3 Å². The van der Waals surface area contributed by atoms with Crippen molar-refractivity contribution in [3.63, 3.8) is 0 Å². The van der Waals surface area contributed by atoms with Crippen LogP contribution in [-0.4, -0.2) is 41.3 Å². The lowest BCUT2D eigenvalue weighted by Crippen LogP contribution is -3.15. The van der Waals surface area contributed by atoms with E-state index in [4.69, 9.17) is 4.74 Å². The molecular formula is C13H24N2O+2. The summed E-state index contributed by atoms with van der Waals surface area (Å²) < 4.78 is 5.14. The lowest BCUT2D eigenvalue weighted by Gasteiger charge is -2.15. The van der Waals surface area contributed by atoms with Gasteiger partial charge in [0, 0.05) is 5.56 Å². The fourth-order valence-corrected chi connectivity index (χ4v) is 1.64. The largest absolute Gasteiger partial charge is 0.497 e. The van der Waals surface area contributed by atoms with E-state index in [-0.39, 0.29) is 0 Å². The molecule has 0 heterocycles. The minimum Gasteiger partial charge on any atom is -0.497 e. The van der Waals surface area contributed by atoms with Crippen LogP contribution in [0.2, 0.25) is 0 Å². The van der Waals surface area contributed by atoms with Gasteiger partial charge in [0.25, 0.3) is 0 Å². The third-order valence-electron chi connectivity index (χ3n) is 2.72. The molecule has 90 valence electrons. The van der Waals surface area contributed by atoms with Gasteiger partial charge in [0.15, 0.2) is 0 Å². The monoisotopic (exact) mass is 224 g/mol. The second kappa shape index (κ2) is 6.51. The summed E-state index contributed by atoms with van der Waals surface area (Å²) in [6, 6.07) is 8.34. The first kappa shape index (κ1) is 13.0. The van der Waals surface area contributed by atoms with Gasteiger partial charge in [-0.2, -0.15) is 0 Å². The normalized spacial score (nSPS) is 12.8. The van der Waals surface area contributed by atoms with Gasteiger partial charge in [-0.1, -0.05) is 0 Å². The van der Waals surface area contributed by atoms with Gasteiger partial charge in [0.2, 0.25) is 0 Å². The van der Waals surface area contributed by atoms with Crippen LogP contribution in [-0.2, 0) is 6.54 Å². The number of likely N-dealkylation sites (N-methyl/N-ethyl adjacent to an activating group) is 2. The van der Waals surface area contributed by atoms with Crippen molar-refractivity contribution in [3.05, 3.63) is 29.8 Å². The summed E-state index contributed by atoms with van der Waals surface area (Å²) in [6.07, 6.45) is 0. The highest BCUT2D eigenvalue weighted by Gasteiger charge is 2.05. The van der Waals surface area contributed by atoms with E-state index in [1.54, 1.807) is 12.0 Å². The van der Waals surface area contributed by atoms with Crippen LogP contribution in [0.25, 0.3) is 0 Å². The van der Waals surface area contributed by atoms with Gasteiger partial charge in [0.1, 0.15) is 25.4 Å². The molecule has 0 aromatic heterocycles. The van der Waals surface area contributed by atoms with Crippen molar-refractivity contribution >= 4 is 0 Å².